The van der Waals surface area contributed by atoms with Gasteiger partial charge in [0.15, 0.2) is 12.2 Å². The van der Waals surface area contributed by atoms with Crippen molar-refractivity contribution >= 4 is 27.5 Å². The molecule has 1 aliphatic rings. The number of oxazole rings is 1. The van der Waals surface area contributed by atoms with E-state index in [1.165, 1.54) is 19.2 Å². The van der Waals surface area contributed by atoms with Crippen molar-refractivity contribution in [3.8, 4) is 11.3 Å². The van der Waals surface area contributed by atoms with Gasteiger partial charge >= 0.3 is 0 Å². The standard InChI is InChI=1S/C13H12BrClN2O/c14-8-1-4-10(11(15)5-8)13-12(17-7-18-13)6-16-9-2-3-9/h1,4-5,7,9,16H,2-3,6H2. The summed E-state index contributed by atoms with van der Waals surface area (Å²) in [5, 5.41) is 4.09. The molecule has 0 bridgehead atoms. The molecule has 1 saturated carbocycles. The molecule has 0 radical (unpaired) electrons. The van der Waals surface area contributed by atoms with Gasteiger partial charge < -0.3 is 9.73 Å². The summed E-state index contributed by atoms with van der Waals surface area (Å²) in [7, 11) is 0. The second-order valence-electron chi connectivity index (χ2n) is 4.41. The Morgan fingerprint density at radius 2 is 2.28 bits per heavy atom. The van der Waals surface area contributed by atoms with Crippen molar-refractivity contribution in [2.75, 3.05) is 0 Å². The zero-order chi connectivity index (χ0) is 12.5. The Labute approximate surface area is 119 Å². The minimum Gasteiger partial charge on any atom is -0.443 e. The molecule has 1 aromatic heterocycles. The molecule has 1 aliphatic carbocycles. The van der Waals surface area contributed by atoms with Gasteiger partial charge in [0.25, 0.3) is 0 Å². The Hall–Kier alpha value is -0.840. The van der Waals surface area contributed by atoms with E-state index in [4.69, 9.17) is 16.0 Å². The maximum absolute atomic E-state index is 6.23. The fourth-order valence-electron chi connectivity index (χ4n) is 1.82. The van der Waals surface area contributed by atoms with Crippen molar-refractivity contribution in [2.24, 2.45) is 0 Å². The molecule has 0 spiro atoms. The first-order valence-corrected chi connectivity index (χ1v) is 7.02. The fraction of sp³-hybridized carbons (Fsp3) is 0.308. The maximum Gasteiger partial charge on any atom is 0.181 e. The molecule has 18 heavy (non-hydrogen) atoms. The first-order chi connectivity index (χ1) is 8.74. The second kappa shape index (κ2) is 5.03. The zero-order valence-electron chi connectivity index (χ0n) is 9.62. The zero-order valence-corrected chi connectivity index (χ0v) is 12.0. The van der Waals surface area contributed by atoms with Crippen molar-refractivity contribution < 1.29 is 4.42 Å². The number of nitrogens with one attached hydrogen (secondary N) is 1. The van der Waals surface area contributed by atoms with Gasteiger partial charge in [-0.05, 0) is 31.0 Å². The summed E-state index contributed by atoms with van der Waals surface area (Å²) in [4.78, 5) is 4.26. The van der Waals surface area contributed by atoms with Crippen molar-refractivity contribution in [3.63, 3.8) is 0 Å². The lowest BCUT2D eigenvalue weighted by atomic mass is 10.1. The summed E-state index contributed by atoms with van der Waals surface area (Å²) in [5.74, 6) is 0.751. The highest BCUT2D eigenvalue weighted by Crippen LogP contribution is 2.32. The molecule has 94 valence electrons. The first kappa shape index (κ1) is 12.2. The Morgan fingerprint density at radius 3 is 3.00 bits per heavy atom. The van der Waals surface area contributed by atoms with Crippen LogP contribution in [0.3, 0.4) is 0 Å². The molecule has 2 aromatic rings. The van der Waals surface area contributed by atoms with E-state index in [0.29, 0.717) is 11.1 Å². The summed E-state index contributed by atoms with van der Waals surface area (Å²) < 4.78 is 6.43. The minimum absolute atomic E-state index is 0.648. The average molecular weight is 328 g/mol. The molecule has 3 rings (SSSR count). The van der Waals surface area contributed by atoms with Crippen LogP contribution in [0.5, 0.6) is 0 Å². The van der Waals surface area contributed by atoms with Crippen LogP contribution in [0.2, 0.25) is 5.02 Å². The number of rotatable bonds is 4. The SMILES string of the molecule is Clc1cc(Br)ccc1-c1ocnc1CNC1CC1. The molecular weight excluding hydrogens is 316 g/mol. The van der Waals surface area contributed by atoms with Crippen LogP contribution in [-0.2, 0) is 6.54 Å². The van der Waals surface area contributed by atoms with Crippen molar-refractivity contribution in [1.29, 1.82) is 0 Å². The first-order valence-electron chi connectivity index (χ1n) is 5.85. The molecule has 0 atom stereocenters. The highest BCUT2D eigenvalue weighted by molar-refractivity contribution is 9.10. The second-order valence-corrected chi connectivity index (χ2v) is 5.73. The molecule has 0 amide bonds. The van der Waals surface area contributed by atoms with Crippen molar-refractivity contribution in [2.45, 2.75) is 25.4 Å². The molecule has 1 heterocycles. The summed E-state index contributed by atoms with van der Waals surface area (Å²) in [6, 6.07) is 6.39. The topological polar surface area (TPSA) is 38.1 Å². The minimum atomic E-state index is 0.648. The maximum atomic E-state index is 6.23. The smallest absolute Gasteiger partial charge is 0.181 e. The molecule has 0 unspecified atom stereocenters. The Balaban J connectivity index is 1.88. The highest BCUT2D eigenvalue weighted by atomic mass is 79.9. The van der Waals surface area contributed by atoms with E-state index in [-0.39, 0.29) is 0 Å². The lowest BCUT2D eigenvalue weighted by molar-refractivity contribution is 0.569. The van der Waals surface area contributed by atoms with Gasteiger partial charge in [-0.25, -0.2) is 4.98 Å². The quantitative estimate of drug-likeness (QED) is 0.922. The average Bonchev–Trinajstić information content (AvgIpc) is 3.06. The third kappa shape index (κ3) is 2.60. The summed E-state index contributed by atoms with van der Waals surface area (Å²) in [5.41, 5.74) is 1.79. The number of hydrogen-bond acceptors (Lipinski definition) is 3. The van der Waals surface area contributed by atoms with E-state index >= 15 is 0 Å². The summed E-state index contributed by atoms with van der Waals surface area (Å²) >= 11 is 9.62. The van der Waals surface area contributed by atoms with Gasteiger partial charge in [0.05, 0.1) is 5.02 Å². The lowest BCUT2D eigenvalue weighted by Gasteiger charge is -2.05. The van der Waals surface area contributed by atoms with Gasteiger partial charge in [-0.15, -0.1) is 0 Å². The Kier molecular flexibility index (Phi) is 3.41. The van der Waals surface area contributed by atoms with Crippen LogP contribution >= 0.6 is 27.5 Å². The van der Waals surface area contributed by atoms with E-state index in [1.54, 1.807) is 0 Å². The van der Waals surface area contributed by atoms with Crippen LogP contribution in [0.1, 0.15) is 18.5 Å². The largest absolute Gasteiger partial charge is 0.443 e. The van der Waals surface area contributed by atoms with E-state index < -0.39 is 0 Å². The van der Waals surface area contributed by atoms with Crippen molar-refractivity contribution in [1.82, 2.24) is 10.3 Å². The third-order valence-electron chi connectivity index (χ3n) is 2.95. The van der Waals surface area contributed by atoms with Gasteiger partial charge in [0.1, 0.15) is 5.69 Å². The number of halogens is 2. The van der Waals surface area contributed by atoms with E-state index in [9.17, 15) is 0 Å². The normalized spacial score (nSPS) is 15.0. The molecule has 1 aromatic carbocycles. The fourth-order valence-corrected chi connectivity index (χ4v) is 2.58. The molecule has 0 aliphatic heterocycles. The van der Waals surface area contributed by atoms with Crippen LogP contribution in [0, 0.1) is 0 Å². The molecule has 1 N–H and O–H groups in total. The van der Waals surface area contributed by atoms with Crippen LogP contribution in [-0.4, -0.2) is 11.0 Å². The van der Waals surface area contributed by atoms with E-state index in [0.717, 1.165) is 28.0 Å². The summed E-state index contributed by atoms with van der Waals surface area (Å²) in [6.45, 7) is 0.725. The van der Waals surface area contributed by atoms with Crippen LogP contribution < -0.4 is 5.32 Å². The van der Waals surface area contributed by atoms with E-state index in [2.05, 4.69) is 26.2 Å². The van der Waals surface area contributed by atoms with Gasteiger partial charge in [0.2, 0.25) is 0 Å². The lowest BCUT2D eigenvalue weighted by Crippen LogP contribution is -2.16. The highest BCUT2D eigenvalue weighted by Gasteiger charge is 2.22. The van der Waals surface area contributed by atoms with Gasteiger partial charge in [-0.1, -0.05) is 27.5 Å². The predicted molar refractivity (Wildman–Crippen MR) is 74.5 cm³/mol. The Bertz CT molecular complexity index is 566. The summed E-state index contributed by atoms with van der Waals surface area (Å²) in [6.07, 6.45) is 3.98. The van der Waals surface area contributed by atoms with Crippen LogP contribution in [0.15, 0.2) is 33.5 Å². The molecule has 1 fully saturated rings. The predicted octanol–water partition coefficient (Wildman–Crippen LogP) is 4.01. The molecular formula is C13H12BrClN2O. The van der Waals surface area contributed by atoms with Crippen LogP contribution in [0.4, 0.5) is 0 Å². The van der Waals surface area contributed by atoms with Crippen molar-refractivity contribution in [3.05, 3.63) is 39.8 Å². The molecule has 5 heteroatoms. The van der Waals surface area contributed by atoms with Gasteiger partial charge in [0, 0.05) is 22.6 Å². The Morgan fingerprint density at radius 1 is 1.44 bits per heavy atom. The monoisotopic (exact) mass is 326 g/mol. The third-order valence-corrected chi connectivity index (χ3v) is 3.76. The van der Waals surface area contributed by atoms with E-state index in [1.807, 2.05) is 18.2 Å². The molecule has 3 nitrogen and oxygen atoms in total. The number of nitrogens with zero attached hydrogens (tertiary/aromatic N) is 1. The van der Waals surface area contributed by atoms with Gasteiger partial charge in [-0.2, -0.15) is 0 Å². The number of benzene rings is 1. The number of aromatic nitrogens is 1. The van der Waals surface area contributed by atoms with Gasteiger partial charge in [-0.3, -0.25) is 0 Å². The van der Waals surface area contributed by atoms with Crippen LogP contribution in [0.25, 0.3) is 11.3 Å². The molecule has 0 saturated heterocycles. The number of hydrogen-bond donors (Lipinski definition) is 1.